The molecule has 0 aromatic carbocycles. The Balaban J connectivity index is 0. The van der Waals surface area contributed by atoms with Gasteiger partial charge in [-0.1, -0.05) is 63.0 Å². The highest BCUT2D eigenvalue weighted by Crippen LogP contribution is 2.43. The molecule has 0 aromatic heterocycles. The van der Waals surface area contributed by atoms with Crippen molar-refractivity contribution in [2.75, 3.05) is 27.4 Å². The SMILES string of the molecule is C=C(C)C=O.C=C(CO)CC(CCC1CCC(C2CCC(CC/C=C/C)CC2)CC1)COC.C=O.CO. The van der Waals surface area contributed by atoms with E-state index in [-0.39, 0.29) is 6.61 Å². The van der Waals surface area contributed by atoms with Crippen molar-refractivity contribution in [1.82, 2.24) is 0 Å². The van der Waals surface area contributed by atoms with E-state index in [1.54, 1.807) is 14.0 Å². The second kappa shape index (κ2) is 26.1. The molecule has 0 saturated heterocycles. The number of methoxy groups -OCH3 is 1. The largest absolute Gasteiger partial charge is 0.400 e. The third-order valence-electron chi connectivity index (χ3n) is 7.81. The number of carbonyl (C=O) groups excluding carboxylic acids is 2. The first-order chi connectivity index (χ1) is 17.9. The van der Waals surface area contributed by atoms with E-state index in [2.05, 4.69) is 32.2 Å². The fourth-order valence-electron chi connectivity index (χ4n) is 5.82. The molecule has 1 unspecified atom stereocenters. The van der Waals surface area contributed by atoms with E-state index in [9.17, 15) is 9.90 Å². The first-order valence-electron chi connectivity index (χ1n) is 14.1. The zero-order chi connectivity index (χ0) is 28.5. The summed E-state index contributed by atoms with van der Waals surface area (Å²) in [6.07, 6.45) is 23.2. The van der Waals surface area contributed by atoms with Crippen LogP contribution in [0.4, 0.5) is 0 Å². The monoisotopic (exact) mass is 522 g/mol. The summed E-state index contributed by atoms with van der Waals surface area (Å²) in [5, 5.41) is 16.2. The minimum atomic E-state index is 0.114. The second-order valence-electron chi connectivity index (χ2n) is 10.7. The van der Waals surface area contributed by atoms with Gasteiger partial charge in [0.2, 0.25) is 0 Å². The van der Waals surface area contributed by atoms with Crippen LogP contribution in [0.1, 0.15) is 97.3 Å². The van der Waals surface area contributed by atoms with Gasteiger partial charge in [0, 0.05) is 20.8 Å². The van der Waals surface area contributed by atoms with E-state index in [1.165, 1.54) is 77.0 Å². The number of aliphatic hydroxyl groups excluding tert-OH is 2. The van der Waals surface area contributed by atoms with Crippen molar-refractivity contribution in [3.8, 4) is 0 Å². The average Bonchev–Trinajstić information content (AvgIpc) is 2.95. The number of hydrogen-bond acceptors (Lipinski definition) is 5. The van der Waals surface area contributed by atoms with Crippen LogP contribution in [0.3, 0.4) is 0 Å². The summed E-state index contributed by atoms with van der Waals surface area (Å²) in [7, 11) is 2.79. The Morgan fingerprint density at radius 1 is 0.946 bits per heavy atom. The Bertz CT molecular complexity index is 584. The molecule has 0 radical (unpaired) electrons. The lowest BCUT2D eigenvalue weighted by atomic mass is 9.68. The minimum Gasteiger partial charge on any atom is -0.400 e. The van der Waals surface area contributed by atoms with Crippen molar-refractivity contribution < 1.29 is 24.5 Å². The molecule has 0 heterocycles. The smallest absolute Gasteiger partial charge is 0.145 e. The van der Waals surface area contributed by atoms with Gasteiger partial charge in [-0.15, -0.1) is 0 Å². The zero-order valence-corrected chi connectivity index (χ0v) is 24.5. The zero-order valence-electron chi connectivity index (χ0n) is 24.5. The first-order valence-corrected chi connectivity index (χ1v) is 14.1. The Morgan fingerprint density at radius 3 is 1.78 bits per heavy atom. The van der Waals surface area contributed by atoms with Crippen molar-refractivity contribution in [1.29, 1.82) is 0 Å². The lowest BCUT2D eigenvalue weighted by Crippen LogP contribution is -2.26. The summed E-state index contributed by atoms with van der Waals surface area (Å²) in [5.41, 5.74) is 1.53. The number of aldehydes is 1. The van der Waals surface area contributed by atoms with Crippen molar-refractivity contribution in [2.24, 2.45) is 29.6 Å². The molecular formula is C32H58O5. The second-order valence-corrected chi connectivity index (χ2v) is 10.7. The highest BCUT2D eigenvalue weighted by Gasteiger charge is 2.30. The Kier molecular flexibility index (Phi) is 26.5. The molecule has 2 fully saturated rings. The Morgan fingerprint density at radius 2 is 1.41 bits per heavy atom. The van der Waals surface area contributed by atoms with Gasteiger partial charge in [0.15, 0.2) is 0 Å². The van der Waals surface area contributed by atoms with Crippen LogP contribution in [-0.4, -0.2) is 50.7 Å². The molecule has 0 spiro atoms. The standard InChI is InChI=1S/C26H46O2.C4H6O.CH4O.CH2O/c1-4-5-6-7-22-10-14-25(15-11-22)26-16-12-23(13-17-26)8-9-24(20-28-3)18-21(2)19-27;1-4(2)3-5;2*1-2/h4-5,22-27H,2,6-20H2,1,3H3;3H,1H2,2H3;2H,1H3;1H2/b5-4+;;;. The van der Waals surface area contributed by atoms with Gasteiger partial charge in [0.25, 0.3) is 0 Å². The van der Waals surface area contributed by atoms with Crippen molar-refractivity contribution >= 4 is 13.1 Å². The van der Waals surface area contributed by atoms with E-state index >= 15 is 0 Å². The van der Waals surface area contributed by atoms with Crippen molar-refractivity contribution in [3.63, 3.8) is 0 Å². The summed E-state index contributed by atoms with van der Waals surface area (Å²) in [4.78, 5) is 17.4. The number of ether oxygens (including phenoxy) is 1. The summed E-state index contributed by atoms with van der Waals surface area (Å²) in [5.74, 6) is 4.47. The molecule has 0 amide bonds. The van der Waals surface area contributed by atoms with Crippen LogP contribution in [0.25, 0.3) is 0 Å². The maximum atomic E-state index is 9.41. The maximum absolute atomic E-state index is 9.41. The molecule has 37 heavy (non-hydrogen) atoms. The van der Waals surface area contributed by atoms with Crippen LogP contribution in [0.2, 0.25) is 0 Å². The summed E-state index contributed by atoms with van der Waals surface area (Å²) >= 11 is 0. The van der Waals surface area contributed by atoms with E-state index in [0.29, 0.717) is 11.5 Å². The van der Waals surface area contributed by atoms with Crippen LogP contribution in [-0.2, 0) is 14.3 Å². The average molecular weight is 523 g/mol. The van der Waals surface area contributed by atoms with E-state index in [4.69, 9.17) is 14.6 Å². The maximum Gasteiger partial charge on any atom is 0.145 e. The fraction of sp³-hybridized carbons (Fsp3) is 0.750. The molecule has 0 bridgehead atoms. The van der Waals surface area contributed by atoms with Gasteiger partial charge in [0.1, 0.15) is 13.1 Å². The number of carbonyl (C=O) groups is 2. The molecule has 2 aliphatic carbocycles. The molecule has 0 aromatic rings. The lowest BCUT2D eigenvalue weighted by Gasteiger charge is -2.38. The normalized spacial score (nSPS) is 23.7. The molecule has 1 atom stereocenters. The van der Waals surface area contributed by atoms with Gasteiger partial charge in [-0.05, 0) is 100 Å². The van der Waals surface area contributed by atoms with Gasteiger partial charge < -0.3 is 19.7 Å². The molecule has 2 saturated carbocycles. The van der Waals surface area contributed by atoms with Crippen molar-refractivity contribution in [3.05, 3.63) is 36.5 Å². The number of aliphatic hydroxyl groups is 2. The molecule has 216 valence electrons. The van der Waals surface area contributed by atoms with Crippen molar-refractivity contribution in [2.45, 2.75) is 97.3 Å². The quantitative estimate of drug-likeness (QED) is 0.153. The van der Waals surface area contributed by atoms with Gasteiger partial charge in [-0.25, -0.2) is 0 Å². The van der Waals surface area contributed by atoms with Crippen LogP contribution in [0.5, 0.6) is 0 Å². The fourth-order valence-corrected chi connectivity index (χ4v) is 5.82. The molecule has 2 aliphatic rings. The van der Waals surface area contributed by atoms with Gasteiger partial charge in [-0.2, -0.15) is 0 Å². The van der Waals surface area contributed by atoms with Crippen LogP contribution >= 0.6 is 0 Å². The Hall–Kier alpha value is -1.56. The van der Waals surface area contributed by atoms with E-state index < -0.39 is 0 Å². The molecule has 0 aliphatic heterocycles. The van der Waals surface area contributed by atoms with Crippen LogP contribution in [0, 0.1) is 29.6 Å². The van der Waals surface area contributed by atoms with E-state index in [1.807, 2.05) is 6.79 Å². The topological polar surface area (TPSA) is 83.8 Å². The van der Waals surface area contributed by atoms with Crippen LogP contribution < -0.4 is 0 Å². The third kappa shape index (κ3) is 19.2. The van der Waals surface area contributed by atoms with Gasteiger partial charge in [-0.3, -0.25) is 4.79 Å². The number of allylic oxidation sites excluding steroid dienone is 3. The summed E-state index contributed by atoms with van der Waals surface area (Å²) in [6.45, 7) is 14.0. The number of hydrogen-bond donors (Lipinski definition) is 2. The summed E-state index contributed by atoms with van der Waals surface area (Å²) < 4.78 is 5.40. The minimum absolute atomic E-state index is 0.114. The Labute approximate surface area is 228 Å². The predicted molar refractivity (Wildman–Crippen MR) is 157 cm³/mol. The highest BCUT2D eigenvalue weighted by molar-refractivity contribution is 5.70. The van der Waals surface area contributed by atoms with Gasteiger partial charge in [0.05, 0.1) is 6.61 Å². The molecule has 5 heteroatoms. The molecule has 2 N–H and O–H groups in total. The molecular weight excluding hydrogens is 464 g/mol. The molecule has 5 nitrogen and oxygen atoms in total. The first kappa shape index (κ1) is 37.6. The van der Waals surface area contributed by atoms with Crippen LogP contribution in [0.15, 0.2) is 36.5 Å². The summed E-state index contributed by atoms with van der Waals surface area (Å²) in [6, 6.07) is 0. The molecule has 2 rings (SSSR count). The predicted octanol–water partition coefficient (Wildman–Crippen LogP) is 7.12. The van der Waals surface area contributed by atoms with Gasteiger partial charge >= 0.3 is 0 Å². The highest BCUT2D eigenvalue weighted by atomic mass is 16.5. The third-order valence-corrected chi connectivity index (χ3v) is 7.81. The van der Waals surface area contributed by atoms with E-state index in [0.717, 1.165) is 55.7 Å². The number of rotatable bonds is 13. The lowest BCUT2D eigenvalue weighted by molar-refractivity contribution is -0.104.